The molecule has 2 heteroatoms. The van der Waals surface area contributed by atoms with E-state index in [1.165, 1.54) is 11.4 Å². The van der Waals surface area contributed by atoms with E-state index in [1.807, 2.05) is 6.07 Å². The van der Waals surface area contributed by atoms with Crippen LogP contribution < -0.4 is 10.4 Å². The zero-order valence-corrected chi connectivity index (χ0v) is 8.56. The van der Waals surface area contributed by atoms with Crippen LogP contribution in [0.5, 0.6) is 0 Å². The van der Waals surface area contributed by atoms with Gasteiger partial charge in [-0.05, 0) is 24.6 Å². The fourth-order valence-corrected chi connectivity index (χ4v) is 2.18. The third-order valence-corrected chi connectivity index (χ3v) is 3.01. The molecule has 0 aromatic heterocycles. The van der Waals surface area contributed by atoms with Gasteiger partial charge in [0.1, 0.15) is 0 Å². The van der Waals surface area contributed by atoms with Gasteiger partial charge in [-0.1, -0.05) is 30.4 Å². The largest absolute Gasteiger partial charge is 0.302 e. The van der Waals surface area contributed by atoms with Gasteiger partial charge in [-0.3, -0.25) is 5.01 Å². The van der Waals surface area contributed by atoms with Gasteiger partial charge in [0.2, 0.25) is 0 Å². The van der Waals surface area contributed by atoms with Crippen molar-refractivity contribution in [3.63, 3.8) is 0 Å². The Balaban J connectivity index is 1.83. The molecule has 1 saturated heterocycles. The van der Waals surface area contributed by atoms with Gasteiger partial charge in [-0.2, -0.15) is 0 Å². The lowest BCUT2D eigenvalue weighted by Gasteiger charge is -2.18. The fourth-order valence-electron chi connectivity index (χ4n) is 2.18. The molecule has 1 aliphatic carbocycles. The van der Waals surface area contributed by atoms with E-state index < -0.39 is 0 Å². The second-order valence-electron chi connectivity index (χ2n) is 4.04. The molecule has 1 aromatic carbocycles. The van der Waals surface area contributed by atoms with Gasteiger partial charge in [-0.15, -0.1) is 0 Å². The van der Waals surface area contributed by atoms with E-state index in [2.05, 4.69) is 52.9 Å². The number of fused-ring (bicyclic) bond motifs is 1. The standard InChI is InChI=1S/C13H14N2/c1-2-7-12(8-3-1)15-10-11-6-4-5-9-13(11)14-15/h1-5,7-9,11,14H,6,10H2. The minimum absolute atomic E-state index is 0.648. The van der Waals surface area contributed by atoms with Crippen LogP contribution in [0.1, 0.15) is 6.42 Å². The molecular weight excluding hydrogens is 184 g/mol. The summed E-state index contributed by atoms with van der Waals surface area (Å²) in [6.07, 6.45) is 7.71. The molecule has 0 radical (unpaired) electrons. The van der Waals surface area contributed by atoms with Crippen LogP contribution in [0.15, 0.2) is 54.3 Å². The molecule has 1 N–H and O–H groups in total. The molecule has 0 spiro atoms. The number of para-hydroxylation sites is 1. The quantitative estimate of drug-likeness (QED) is 0.745. The number of nitrogens with one attached hydrogen (secondary N) is 1. The first-order valence-corrected chi connectivity index (χ1v) is 5.39. The Morgan fingerprint density at radius 3 is 2.87 bits per heavy atom. The first-order chi connectivity index (χ1) is 7.43. The smallest absolute Gasteiger partial charge is 0.0572 e. The van der Waals surface area contributed by atoms with Crippen molar-refractivity contribution in [1.82, 2.24) is 5.43 Å². The Hall–Kier alpha value is -1.70. The van der Waals surface area contributed by atoms with E-state index in [-0.39, 0.29) is 0 Å². The lowest BCUT2D eigenvalue weighted by molar-refractivity contribution is 0.682. The van der Waals surface area contributed by atoms with Crippen molar-refractivity contribution in [2.24, 2.45) is 5.92 Å². The molecule has 1 aromatic rings. The van der Waals surface area contributed by atoms with E-state index in [9.17, 15) is 0 Å². The molecule has 0 amide bonds. The summed E-state index contributed by atoms with van der Waals surface area (Å²) in [5, 5.41) is 2.23. The van der Waals surface area contributed by atoms with Crippen LogP contribution in [0, 0.1) is 5.92 Å². The zero-order valence-electron chi connectivity index (χ0n) is 8.56. The van der Waals surface area contributed by atoms with Crippen molar-refractivity contribution >= 4 is 5.69 Å². The van der Waals surface area contributed by atoms with E-state index in [1.54, 1.807) is 0 Å². The molecule has 1 aliphatic heterocycles. The third-order valence-electron chi connectivity index (χ3n) is 3.01. The summed E-state index contributed by atoms with van der Waals surface area (Å²) in [5.41, 5.74) is 6.04. The maximum atomic E-state index is 3.45. The second kappa shape index (κ2) is 3.46. The Labute approximate surface area is 89.9 Å². The molecule has 1 unspecified atom stereocenters. The van der Waals surface area contributed by atoms with Crippen LogP contribution in [0.25, 0.3) is 0 Å². The average Bonchev–Trinajstić information content (AvgIpc) is 2.74. The molecule has 0 saturated carbocycles. The number of anilines is 1. The second-order valence-corrected chi connectivity index (χ2v) is 4.04. The Kier molecular flexibility index (Phi) is 1.98. The van der Waals surface area contributed by atoms with Crippen molar-refractivity contribution in [2.45, 2.75) is 6.42 Å². The van der Waals surface area contributed by atoms with E-state index in [0.29, 0.717) is 5.92 Å². The number of hydrogen-bond acceptors (Lipinski definition) is 2. The van der Waals surface area contributed by atoms with Crippen LogP contribution in [-0.2, 0) is 0 Å². The molecule has 2 aliphatic rings. The Morgan fingerprint density at radius 2 is 2.07 bits per heavy atom. The summed E-state index contributed by atoms with van der Waals surface area (Å²) < 4.78 is 0. The van der Waals surface area contributed by atoms with Crippen LogP contribution in [0.2, 0.25) is 0 Å². The minimum atomic E-state index is 0.648. The van der Waals surface area contributed by atoms with Crippen molar-refractivity contribution in [1.29, 1.82) is 0 Å². The first kappa shape index (κ1) is 8.60. The summed E-state index contributed by atoms with van der Waals surface area (Å²) in [4.78, 5) is 0. The number of hydrogen-bond donors (Lipinski definition) is 1. The van der Waals surface area contributed by atoms with Gasteiger partial charge in [0.15, 0.2) is 0 Å². The molecule has 1 heterocycles. The zero-order chi connectivity index (χ0) is 10.1. The predicted octanol–water partition coefficient (Wildman–Crippen LogP) is 2.47. The number of hydrazine groups is 1. The molecule has 1 fully saturated rings. The van der Waals surface area contributed by atoms with Gasteiger partial charge < -0.3 is 5.43 Å². The van der Waals surface area contributed by atoms with Crippen molar-refractivity contribution < 1.29 is 0 Å². The maximum absolute atomic E-state index is 3.45. The summed E-state index contributed by atoms with van der Waals surface area (Å²) in [6.45, 7) is 1.07. The van der Waals surface area contributed by atoms with Crippen LogP contribution in [0.4, 0.5) is 5.69 Å². The topological polar surface area (TPSA) is 15.3 Å². The highest BCUT2D eigenvalue weighted by Gasteiger charge is 2.26. The van der Waals surface area contributed by atoms with Crippen LogP contribution in [0.3, 0.4) is 0 Å². The average molecular weight is 198 g/mol. The maximum Gasteiger partial charge on any atom is 0.0572 e. The molecule has 15 heavy (non-hydrogen) atoms. The van der Waals surface area contributed by atoms with E-state index >= 15 is 0 Å². The monoisotopic (exact) mass is 198 g/mol. The number of allylic oxidation sites excluding steroid dienone is 3. The Bertz CT molecular complexity index is 406. The van der Waals surface area contributed by atoms with Gasteiger partial charge in [0, 0.05) is 18.2 Å². The highest BCUT2D eigenvalue weighted by Crippen LogP contribution is 2.28. The summed E-state index contributed by atoms with van der Waals surface area (Å²) in [7, 11) is 0. The summed E-state index contributed by atoms with van der Waals surface area (Å²) >= 11 is 0. The van der Waals surface area contributed by atoms with Gasteiger partial charge >= 0.3 is 0 Å². The fraction of sp³-hybridized carbons (Fsp3) is 0.231. The van der Waals surface area contributed by atoms with Gasteiger partial charge in [0.25, 0.3) is 0 Å². The molecule has 3 rings (SSSR count). The van der Waals surface area contributed by atoms with Crippen LogP contribution >= 0.6 is 0 Å². The number of rotatable bonds is 1. The van der Waals surface area contributed by atoms with E-state index in [0.717, 1.165) is 13.0 Å². The summed E-state index contributed by atoms with van der Waals surface area (Å²) in [5.74, 6) is 0.648. The Morgan fingerprint density at radius 1 is 1.20 bits per heavy atom. The van der Waals surface area contributed by atoms with Crippen molar-refractivity contribution in [2.75, 3.05) is 11.6 Å². The highest BCUT2D eigenvalue weighted by molar-refractivity contribution is 5.48. The SMILES string of the molecule is C1=CCC2CN(c3ccccc3)NC2=C1. The molecule has 0 bridgehead atoms. The lowest BCUT2D eigenvalue weighted by Crippen LogP contribution is -2.29. The number of benzene rings is 1. The molecular formula is C13H14N2. The number of nitrogens with zero attached hydrogens (tertiary/aromatic N) is 1. The van der Waals surface area contributed by atoms with Gasteiger partial charge in [-0.25, -0.2) is 0 Å². The minimum Gasteiger partial charge on any atom is -0.302 e. The van der Waals surface area contributed by atoms with Crippen LogP contribution in [-0.4, -0.2) is 6.54 Å². The molecule has 2 nitrogen and oxygen atoms in total. The van der Waals surface area contributed by atoms with Crippen molar-refractivity contribution in [3.8, 4) is 0 Å². The van der Waals surface area contributed by atoms with Crippen molar-refractivity contribution in [3.05, 3.63) is 54.3 Å². The first-order valence-electron chi connectivity index (χ1n) is 5.39. The lowest BCUT2D eigenvalue weighted by atomic mass is 9.99. The summed E-state index contributed by atoms with van der Waals surface area (Å²) in [6, 6.07) is 10.5. The molecule has 76 valence electrons. The third kappa shape index (κ3) is 1.52. The predicted molar refractivity (Wildman–Crippen MR) is 62.3 cm³/mol. The highest BCUT2D eigenvalue weighted by atomic mass is 15.5. The van der Waals surface area contributed by atoms with E-state index in [4.69, 9.17) is 0 Å². The van der Waals surface area contributed by atoms with Gasteiger partial charge in [0.05, 0.1) is 5.69 Å². The normalized spacial score (nSPS) is 23.3. The molecule has 1 atom stereocenters.